The van der Waals surface area contributed by atoms with Gasteiger partial charge in [-0.1, -0.05) is 24.3 Å². The van der Waals surface area contributed by atoms with Crippen LogP contribution in [-0.4, -0.2) is 11.8 Å². The van der Waals surface area contributed by atoms with Gasteiger partial charge in [0.15, 0.2) is 0 Å². The number of halogens is 1. The van der Waals surface area contributed by atoms with E-state index in [-0.39, 0.29) is 24.1 Å². The third-order valence-electron chi connectivity index (χ3n) is 3.76. The Morgan fingerprint density at radius 2 is 2.05 bits per heavy atom. The molecule has 2 amide bonds. The van der Waals surface area contributed by atoms with Crippen LogP contribution < -0.4 is 10.6 Å². The van der Waals surface area contributed by atoms with Gasteiger partial charge in [0.2, 0.25) is 11.8 Å². The van der Waals surface area contributed by atoms with Crippen LogP contribution in [0, 0.1) is 12.7 Å². The van der Waals surface area contributed by atoms with E-state index in [4.69, 9.17) is 0 Å². The predicted octanol–water partition coefficient (Wildman–Crippen LogP) is 3.20. The van der Waals surface area contributed by atoms with E-state index in [9.17, 15) is 14.0 Å². The second-order valence-electron chi connectivity index (χ2n) is 5.35. The van der Waals surface area contributed by atoms with Gasteiger partial charge in [-0.15, -0.1) is 0 Å². The number of amides is 2. The summed E-state index contributed by atoms with van der Waals surface area (Å²) in [4.78, 5) is 24.2. The summed E-state index contributed by atoms with van der Waals surface area (Å²) in [5.74, 6) is -1.46. The van der Waals surface area contributed by atoms with Crippen LogP contribution in [0.4, 0.5) is 15.8 Å². The molecule has 0 unspecified atom stereocenters. The molecule has 0 saturated heterocycles. The largest absolute Gasteiger partial charge is 0.326 e. The standard InChI is InChI=1S/C17H15FN2O2/c1-10-6-7-11(8-14(10)18)19-17(22)13-9-16(21)20-15-5-3-2-4-12(13)15/h2-8,13H,9H2,1H3,(H,19,22)(H,20,21)/t13-/m0/s1. The molecule has 0 saturated carbocycles. The van der Waals surface area contributed by atoms with Crippen LogP contribution in [0.1, 0.15) is 23.5 Å². The molecule has 0 fully saturated rings. The number of aryl methyl sites for hydroxylation is 1. The summed E-state index contributed by atoms with van der Waals surface area (Å²) in [6.07, 6.45) is 0.0805. The van der Waals surface area contributed by atoms with Crippen molar-refractivity contribution in [2.45, 2.75) is 19.3 Å². The highest BCUT2D eigenvalue weighted by Gasteiger charge is 2.30. The van der Waals surface area contributed by atoms with Crippen molar-refractivity contribution in [3.8, 4) is 0 Å². The average Bonchev–Trinajstić information content (AvgIpc) is 2.50. The van der Waals surface area contributed by atoms with Gasteiger partial charge < -0.3 is 10.6 Å². The first-order chi connectivity index (χ1) is 10.5. The van der Waals surface area contributed by atoms with Gasteiger partial charge in [0, 0.05) is 17.8 Å². The maximum absolute atomic E-state index is 13.6. The molecule has 0 radical (unpaired) electrons. The third kappa shape index (κ3) is 2.70. The fraction of sp³-hybridized carbons (Fsp3) is 0.176. The molecule has 0 aromatic heterocycles. The number of carbonyl (C=O) groups is 2. The Balaban J connectivity index is 1.86. The topological polar surface area (TPSA) is 58.2 Å². The summed E-state index contributed by atoms with van der Waals surface area (Å²) in [5, 5.41) is 5.43. The van der Waals surface area contributed by atoms with Gasteiger partial charge in [0.1, 0.15) is 5.82 Å². The highest BCUT2D eigenvalue weighted by atomic mass is 19.1. The number of benzene rings is 2. The van der Waals surface area contributed by atoms with Crippen LogP contribution in [0.25, 0.3) is 0 Å². The van der Waals surface area contributed by atoms with Crippen molar-refractivity contribution < 1.29 is 14.0 Å². The minimum atomic E-state index is -0.575. The molecule has 2 aromatic carbocycles. The molecule has 1 atom stereocenters. The Bertz CT molecular complexity index is 758. The smallest absolute Gasteiger partial charge is 0.232 e. The molecule has 4 nitrogen and oxygen atoms in total. The summed E-state index contributed by atoms with van der Waals surface area (Å²) in [6.45, 7) is 1.66. The molecule has 5 heteroatoms. The Labute approximate surface area is 127 Å². The molecule has 2 aromatic rings. The Kier molecular flexibility index (Phi) is 3.63. The molecule has 0 aliphatic carbocycles. The minimum absolute atomic E-state index is 0.0805. The average molecular weight is 298 g/mol. The SMILES string of the molecule is Cc1ccc(NC(=O)[C@H]2CC(=O)Nc3ccccc32)cc1F. The van der Waals surface area contributed by atoms with Crippen LogP contribution in [0.2, 0.25) is 0 Å². The van der Waals surface area contributed by atoms with Crippen molar-refractivity contribution >= 4 is 23.2 Å². The summed E-state index contributed by atoms with van der Waals surface area (Å²) in [7, 11) is 0. The van der Waals surface area contributed by atoms with E-state index >= 15 is 0 Å². The number of rotatable bonds is 2. The fourth-order valence-electron chi connectivity index (χ4n) is 2.55. The molecule has 1 aliphatic heterocycles. The van der Waals surface area contributed by atoms with E-state index in [1.165, 1.54) is 6.07 Å². The zero-order chi connectivity index (χ0) is 15.7. The van der Waals surface area contributed by atoms with Gasteiger partial charge in [-0.2, -0.15) is 0 Å². The van der Waals surface area contributed by atoms with E-state index in [0.29, 0.717) is 16.9 Å². The molecule has 1 heterocycles. The van der Waals surface area contributed by atoms with Gasteiger partial charge in [-0.3, -0.25) is 9.59 Å². The van der Waals surface area contributed by atoms with Gasteiger partial charge >= 0.3 is 0 Å². The van der Waals surface area contributed by atoms with E-state index in [0.717, 1.165) is 5.56 Å². The number of fused-ring (bicyclic) bond motifs is 1. The Morgan fingerprint density at radius 1 is 1.27 bits per heavy atom. The molecule has 0 spiro atoms. The number of carbonyl (C=O) groups excluding carboxylic acids is 2. The predicted molar refractivity (Wildman–Crippen MR) is 82.2 cm³/mol. The lowest BCUT2D eigenvalue weighted by molar-refractivity contribution is -0.123. The minimum Gasteiger partial charge on any atom is -0.326 e. The van der Waals surface area contributed by atoms with Crippen molar-refractivity contribution in [3.63, 3.8) is 0 Å². The van der Waals surface area contributed by atoms with Gasteiger partial charge in [0.25, 0.3) is 0 Å². The zero-order valence-electron chi connectivity index (χ0n) is 12.0. The second kappa shape index (κ2) is 5.60. The number of nitrogens with one attached hydrogen (secondary N) is 2. The lowest BCUT2D eigenvalue weighted by Gasteiger charge is -2.24. The summed E-state index contributed by atoms with van der Waals surface area (Å²) in [6, 6.07) is 11.7. The van der Waals surface area contributed by atoms with Gasteiger partial charge in [-0.25, -0.2) is 4.39 Å². The van der Waals surface area contributed by atoms with E-state index in [1.54, 1.807) is 31.2 Å². The molecular formula is C17H15FN2O2. The summed E-state index contributed by atoms with van der Waals surface area (Å²) < 4.78 is 13.6. The lowest BCUT2D eigenvalue weighted by atomic mass is 9.90. The highest BCUT2D eigenvalue weighted by molar-refractivity contribution is 6.05. The summed E-state index contributed by atoms with van der Waals surface area (Å²) in [5.41, 5.74) is 2.32. The maximum Gasteiger partial charge on any atom is 0.232 e. The monoisotopic (exact) mass is 298 g/mol. The summed E-state index contributed by atoms with van der Waals surface area (Å²) >= 11 is 0. The normalized spacial score (nSPS) is 16.6. The molecule has 0 bridgehead atoms. The Hall–Kier alpha value is -2.69. The van der Waals surface area contributed by atoms with Crippen molar-refractivity contribution in [2.24, 2.45) is 0 Å². The first kappa shape index (κ1) is 14.3. The van der Waals surface area contributed by atoms with Crippen LogP contribution in [0.3, 0.4) is 0 Å². The molecule has 3 rings (SSSR count). The van der Waals surface area contributed by atoms with E-state index in [1.807, 2.05) is 12.1 Å². The lowest BCUT2D eigenvalue weighted by Crippen LogP contribution is -2.30. The Morgan fingerprint density at radius 3 is 2.82 bits per heavy atom. The molecule has 112 valence electrons. The molecular weight excluding hydrogens is 283 g/mol. The van der Waals surface area contributed by atoms with Crippen LogP contribution in [-0.2, 0) is 9.59 Å². The number of anilines is 2. The number of hydrogen-bond acceptors (Lipinski definition) is 2. The van der Waals surface area contributed by atoms with E-state index in [2.05, 4.69) is 10.6 Å². The van der Waals surface area contributed by atoms with Crippen molar-refractivity contribution in [1.82, 2.24) is 0 Å². The second-order valence-corrected chi connectivity index (χ2v) is 5.35. The van der Waals surface area contributed by atoms with Crippen LogP contribution in [0.5, 0.6) is 0 Å². The zero-order valence-corrected chi connectivity index (χ0v) is 12.0. The highest BCUT2D eigenvalue weighted by Crippen LogP contribution is 2.32. The molecule has 2 N–H and O–H groups in total. The first-order valence-electron chi connectivity index (χ1n) is 7.00. The van der Waals surface area contributed by atoms with Crippen LogP contribution in [0.15, 0.2) is 42.5 Å². The van der Waals surface area contributed by atoms with Crippen molar-refractivity contribution in [2.75, 3.05) is 10.6 Å². The fourth-order valence-corrected chi connectivity index (χ4v) is 2.55. The van der Waals surface area contributed by atoms with E-state index < -0.39 is 5.92 Å². The van der Waals surface area contributed by atoms with Crippen molar-refractivity contribution in [3.05, 3.63) is 59.4 Å². The van der Waals surface area contributed by atoms with Gasteiger partial charge in [0.05, 0.1) is 5.92 Å². The van der Waals surface area contributed by atoms with Crippen molar-refractivity contribution in [1.29, 1.82) is 0 Å². The third-order valence-corrected chi connectivity index (χ3v) is 3.76. The first-order valence-corrected chi connectivity index (χ1v) is 7.00. The maximum atomic E-state index is 13.6. The number of para-hydroxylation sites is 1. The quantitative estimate of drug-likeness (QED) is 0.894. The number of hydrogen-bond donors (Lipinski definition) is 2. The van der Waals surface area contributed by atoms with Gasteiger partial charge in [-0.05, 0) is 36.2 Å². The molecule has 22 heavy (non-hydrogen) atoms. The molecule has 1 aliphatic rings. The van der Waals surface area contributed by atoms with Crippen LogP contribution >= 0.6 is 0 Å².